The van der Waals surface area contributed by atoms with Gasteiger partial charge >= 0.3 is 6.18 Å². The van der Waals surface area contributed by atoms with E-state index in [1.165, 1.54) is 11.9 Å². The number of aliphatic hydroxyl groups excluding tert-OH is 1. The SMILES string of the molecule is CNCCN(C)C[C@H](O)C(F)(F)F. The lowest BCUT2D eigenvalue weighted by Crippen LogP contribution is -2.41. The maximum absolute atomic E-state index is 11.8. The van der Waals surface area contributed by atoms with Crippen molar-refractivity contribution in [2.45, 2.75) is 12.3 Å². The van der Waals surface area contributed by atoms with Crippen molar-refractivity contribution in [3.8, 4) is 0 Å². The van der Waals surface area contributed by atoms with E-state index in [1.807, 2.05) is 0 Å². The minimum atomic E-state index is -4.52. The third-order valence-corrected chi connectivity index (χ3v) is 1.61. The van der Waals surface area contributed by atoms with E-state index in [4.69, 9.17) is 5.11 Å². The van der Waals surface area contributed by atoms with E-state index in [9.17, 15) is 13.2 Å². The summed E-state index contributed by atoms with van der Waals surface area (Å²) >= 11 is 0. The Bertz CT molecular complexity index is 140. The zero-order chi connectivity index (χ0) is 10.5. The molecule has 0 aromatic heterocycles. The van der Waals surface area contributed by atoms with Gasteiger partial charge in [0.2, 0.25) is 0 Å². The van der Waals surface area contributed by atoms with Crippen LogP contribution >= 0.6 is 0 Å². The highest BCUT2D eigenvalue weighted by Crippen LogP contribution is 2.20. The van der Waals surface area contributed by atoms with E-state index < -0.39 is 12.3 Å². The van der Waals surface area contributed by atoms with Crippen LogP contribution in [0.4, 0.5) is 13.2 Å². The molecular formula is C7H15F3N2O. The number of halogens is 3. The molecule has 0 spiro atoms. The topological polar surface area (TPSA) is 35.5 Å². The van der Waals surface area contributed by atoms with Crippen molar-refractivity contribution in [1.29, 1.82) is 0 Å². The Kier molecular flexibility index (Phi) is 5.27. The summed E-state index contributed by atoms with van der Waals surface area (Å²) in [6.07, 6.45) is -6.78. The molecule has 2 N–H and O–H groups in total. The zero-order valence-corrected chi connectivity index (χ0v) is 7.73. The second-order valence-corrected chi connectivity index (χ2v) is 2.92. The molecule has 0 unspecified atom stereocenters. The van der Waals surface area contributed by atoms with Gasteiger partial charge in [-0.1, -0.05) is 0 Å². The van der Waals surface area contributed by atoms with Crippen LogP contribution in [0.3, 0.4) is 0 Å². The van der Waals surface area contributed by atoms with Gasteiger partial charge in [-0.25, -0.2) is 0 Å². The van der Waals surface area contributed by atoms with Crippen LogP contribution in [0.5, 0.6) is 0 Å². The first-order valence-corrected chi connectivity index (χ1v) is 3.96. The van der Waals surface area contributed by atoms with Gasteiger partial charge in [0.25, 0.3) is 0 Å². The smallest absolute Gasteiger partial charge is 0.382 e. The number of alkyl halides is 3. The summed E-state index contributed by atoms with van der Waals surface area (Å²) in [4.78, 5) is 1.43. The Hall–Kier alpha value is -0.330. The number of nitrogens with one attached hydrogen (secondary N) is 1. The number of rotatable bonds is 5. The van der Waals surface area contributed by atoms with Gasteiger partial charge in [0.15, 0.2) is 6.10 Å². The van der Waals surface area contributed by atoms with E-state index in [-0.39, 0.29) is 6.54 Å². The summed E-state index contributed by atoms with van der Waals surface area (Å²) in [7, 11) is 3.25. The number of hydrogen-bond donors (Lipinski definition) is 2. The van der Waals surface area contributed by atoms with Crippen LogP contribution in [0, 0.1) is 0 Å². The van der Waals surface area contributed by atoms with Gasteiger partial charge in [-0.05, 0) is 14.1 Å². The van der Waals surface area contributed by atoms with Crippen molar-refractivity contribution < 1.29 is 18.3 Å². The average Bonchev–Trinajstić information content (AvgIpc) is 1.99. The molecular weight excluding hydrogens is 185 g/mol. The van der Waals surface area contributed by atoms with Crippen molar-refractivity contribution in [1.82, 2.24) is 10.2 Å². The predicted molar refractivity (Wildman–Crippen MR) is 43.5 cm³/mol. The largest absolute Gasteiger partial charge is 0.415 e. The molecule has 0 aromatic rings. The molecule has 0 saturated carbocycles. The third-order valence-electron chi connectivity index (χ3n) is 1.61. The van der Waals surface area contributed by atoms with Crippen LogP contribution in [-0.2, 0) is 0 Å². The van der Waals surface area contributed by atoms with Gasteiger partial charge in [0.1, 0.15) is 0 Å². The van der Waals surface area contributed by atoms with Crippen LogP contribution in [0.1, 0.15) is 0 Å². The summed E-state index contributed by atoms with van der Waals surface area (Å²) in [5.41, 5.74) is 0. The average molecular weight is 200 g/mol. The normalized spacial score (nSPS) is 15.0. The molecule has 0 fully saturated rings. The molecule has 1 atom stereocenters. The number of hydrogen-bond acceptors (Lipinski definition) is 3. The molecule has 0 heterocycles. The molecule has 80 valence electrons. The van der Waals surface area contributed by atoms with Crippen molar-refractivity contribution >= 4 is 0 Å². The maximum Gasteiger partial charge on any atom is 0.415 e. The van der Waals surface area contributed by atoms with Crippen LogP contribution in [0.15, 0.2) is 0 Å². The highest BCUT2D eigenvalue weighted by atomic mass is 19.4. The number of nitrogens with zero attached hydrogens (tertiary/aromatic N) is 1. The van der Waals surface area contributed by atoms with Gasteiger partial charge in [-0.15, -0.1) is 0 Å². The molecule has 0 amide bonds. The lowest BCUT2D eigenvalue weighted by atomic mass is 10.3. The molecule has 0 radical (unpaired) electrons. The van der Waals surface area contributed by atoms with E-state index in [0.29, 0.717) is 13.1 Å². The molecule has 0 rings (SSSR count). The van der Waals surface area contributed by atoms with Gasteiger partial charge in [0, 0.05) is 19.6 Å². The van der Waals surface area contributed by atoms with E-state index in [1.54, 1.807) is 7.05 Å². The lowest BCUT2D eigenvalue weighted by Gasteiger charge is -2.21. The molecule has 0 aliphatic heterocycles. The van der Waals surface area contributed by atoms with Gasteiger partial charge in [0.05, 0.1) is 0 Å². The molecule has 0 bridgehead atoms. The van der Waals surface area contributed by atoms with Crippen molar-refractivity contribution in [3.63, 3.8) is 0 Å². The van der Waals surface area contributed by atoms with Gasteiger partial charge < -0.3 is 15.3 Å². The van der Waals surface area contributed by atoms with Crippen molar-refractivity contribution in [3.05, 3.63) is 0 Å². The lowest BCUT2D eigenvalue weighted by molar-refractivity contribution is -0.207. The van der Waals surface area contributed by atoms with E-state index >= 15 is 0 Å². The highest BCUT2D eigenvalue weighted by molar-refractivity contribution is 4.69. The highest BCUT2D eigenvalue weighted by Gasteiger charge is 2.38. The van der Waals surface area contributed by atoms with Crippen molar-refractivity contribution in [2.75, 3.05) is 33.7 Å². The molecule has 0 aliphatic rings. The Labute approximate surface area is 75.5 Å². The monoisotopic (exact) mass is 200 g/mol. The summed E-state index contributed by atoms with van der Waals surface area (Å²) in [5, 5.41) is 11.5. The van der Waals surface area contributed by atoms with Crippen LogP contribution in [0.25, 0.3) is 0 Å². The fraction of sp³-hybridized carbons (Fsp3) is 1.00. The molecule has 6 heteroatoms. The molecule has 3 nitrogen and oxygen atoms in total. The Morgan fingerprint density at radius 3 is 2.38 bits per heavy atom. The Morgan fingerprint density at radius 2 is 2.00 bits per heavy atom. The van der Waals surface area contributed by atoms with Crippen LogP contribution < -0.4 is 5.32 Å². The summed E-state index contributed by atoms with van der Waals surface area (Å²) in [6, 6.07) is 0. The molecule has 13 heavy (non-hydrogen) atoms. The first kappa shape index (κ1) is 12.7. The van der Waals surface area contributed by atoms with E-state index in [0.717, 1.165) is 0 Å². The number of likely N-dealkylation sites (N-methyl/N-ethyl adjacent to an activating group) is 2. The Balaban J connectivity index is 3.71. The zero-order valence-electron chi connectivity index (χ0n) is 7.73. The van der Waals surface area contributed by atoms with Gasteiger partial charge in [-0.3, -0.25) is 0 Å². The standard InChI is InChI=1S/C7H15F3N2O/c1-11-3-4-12(2)5-6(13)7(8,9)10/h6,11,13H,3-5H2,1-2H3/t6-/m0/s1. The van der Waals surface area contributed by atoms with Crippen LogP contribution in [0.2, 0.25) is 0 Å². The number of aliphatic hydroxyl groups is 1. The van der Waals surface area contributed by atoms with Gasteiger partial charge in [-0.2, -0.15) is 13.2 Å². The minimum absolute atomic E-state index is 0.384. The van der Waals surface area contributed by atoms with E-state index in [2.05, 4.69) is 5.32 Å². The molecule has 0 saturated heterocycles. The maximum atomic E-state index is 11.8. The Morgan fingerprint density at radius 1 is 1.46 bits per heavy atom. The summed E-state index contributed by atoms with van der Waals surface area (Å²) < 4.78 is 35.5. The summed E-state index contributed by atoms with van der Waals surface area (Å²) in [6.45, 7) is 0.690. The van der Waals surface area contributed by atoms with Crippen LogP contribution in [-0.4, -0.2) is 56.0 Å². The molecule has 0 aliphatic carbocycles. The fourth-order valence-electron chi connectivity index (χ4n) is 0.793. The quantitative estimate of drug-likeness (QED) is 0.658. The first-order chi connectivity index (χ1) is 5.88. The second kappa shape index (κ2) is 5.41. The minimum Gasteiger partial charge on any atom is -0.382 e. The predicted octanol–water partition coefficient (Wildman–Crippen LogP) is 0.0608. The second-order valence-electron chi connectivity index (χ2n) is 2.92. The third kappa shape index (κ3) is 5.84. The first-order valence-electron chi connectivity index (χ1n) is 3.96. The molecule has 0 aromatic carbocycles. The fourth-order valence-corrected chi connectivity index (χ4v) is 0.793. The summed E-state index contributed by atoms with van der Waals surface area (Å²) in [5.74, 6) is 0. The van der Waals surface area contributed by atoms with Crippen molar-refractivity contribution in [2.24, 2.45) is 0 Å².